The van der Waals surface area contributed by atoms with Gasteiger partial charge in [0.25, 0.3) is 0 Å². The molecule has 6 heterocycles. The highest BCUT2D eigenvalue weighted by Gasteiger charge is 2.25. The second kappa shape index (κ2) is 36.6. The van der Waals surface area contributed by atoms with Gasteiger partial charge in [-0.15, -0.1) is 0 Å². The summed E-state index contributed by atoms with van der Waals surface area (Å²) in [5, 5.41) is 38.5. The van der Waals surface area contributed by atoms with Gasteiger partial charge in [-0.05, 0) is 222 Å². The summed E-state index contributed by atoms with van der Waals surface area (Å²) in [6.45, 7) is 19.6. The first-order valence-corrected chi connectivity index (χ1v) is 39.0. The first kappa shape index (κ1) is 76.1. The Balaban J connectivity index is 0.000000141. The molecule has 0 unspecified atom stereocenters. The lowest BCUT2D eigenvalue weighted by Gasteiger charge is -2.27. The molecule has 0 saturated heterocycles. The molecule has 0 aliphatic heterocycles. The number of aromatic nitrogens is 12. The maximum atomic E-state index is 8.58. The Morgan fingerprint density at radius 2 is 0.726 bits per heavy atom. The van der Waals surface area contributed by atoms with Crippen LogP contribution in [0.15, 0.2) is 183 Å². The van der Waals surface area contributed by atoms with E-state index < -0.39 is 7.12 Å². The molecule has 21 nitrogen and oxygen atoms in total. The summed E-state index contributed by atoms with van der Waals surface area (Å²) >= 11 is 2.34. The van der Waals surface area contributed by atoms with Crippen molar-refractivity contribution in [3.05, 3.63) is 203 Å². The Labute approximate surface area is 637 Å². The lowest BCUT2D eigenvalue weighted by atomic mass is 9.81. The standard InChI is InChI=1S/C28H34N6.C27H33N7.C22H29IN6.C6H7BO2/c1-19(2)34-18-30-25-26(32-28(33-27(25)34)31-24-14-12-20(3)13-15-24)29-17-21-8-7-11-23(16-21)22-9-5-4-6-10-22;1-18(2)34-17-30-24-25(32-27(33-26(24)34)31-23-13-11-22(28)12-14-23)29-16-19-7-6-10-21(15-19)20-8-4-3-5-9-20;1-14(2)29-13-25-19-20(24-12-16-5-4-6-17(23)11-16)27-22(28-21(19)29)26-18-9-7-15(3)8-10-18;8-7(9)6-4-2-1-3-5-6/h4-11,16,18-20,24H,12-15,17H2,1-3H3,(H2,29,31,32,33);3-10,15,17-18,22-23H,11-14,16,28H2,1-2H3,(H2,29,31,32,33);4-6,11,13-15,18H,7-10,12H2,1-3H3,(H2,24,26,27,28);1-5,8-9H. The lowest BCUT2D eigenvalue weighted by Crippen LogP contribution is -2.33. The van der Waals surface area contributed by atoms with E-state index in [0.717, 1.165) is 88.5 Å². The van der Waals surface area contributed by atoms with E-state index >= 15 is 0 Å². The van der Waals surface area contributed by atoms with Crippen LogP contribution < -0.4 is 43.1 Å². The summed E-state index contributed by atoms with van der Waals surface area (Å²) in [7, 11) is -1.34. The Hall–Kier alpha value is -9.56. The summed E-state index contributed by atoms with van der Waals surface area (Å²) in [4.78, 5) is 43.0. The predicted octanol–water partition coefficient (Wildman–Crippen LogP) is 17.0. The molecule has 3 aliphatic rings. The topological polar surface area (TPSA) is 269 Å². The normalized spacial score (nSPS) is 17.9. The molecule has 10 N–H and O–H groups in total. The number of fused-ring (bicyclic) bond motifs is 3. The van der Waals surface area contributed by atoms with Crippen LogP contribution in [0, 0.1) is 15.4 Å². The maximum Gasteiger partial charge on any atom is 0.488 e. The Kier molecular flexibility index (Phi) is 26.3. The molecule has 3 fully saturated rings. The first-order valence-electron chi connectivity index (χ1n) is 37.9. The molecule has 3 aliphatic carbocycles. The van der Waals surface area contributed by atoms with Gasteiger partial charge in [-0.1, -0.05) is 153 Å². The number of hydrogen-bond donors (Lipinski definition) is 9. The molecule has 0 bridgehead atoms. The van der Waals surface area contributed by atoms with E-state index in [1.807, 2.05) is 37.2 Å². The van der Waals surface area contributed by atoms with E-state index in [2.05, 4.69) is 260 Å². The minimum atomic E-state index is -1.34. The molecule has 106 heavy (non-hydrogen) atoms. The van der Waals surface area contributed by atoms with Crippen molar-refractivity contribution in [1.29, 1.82) is 0 Å². The van der Waals surface area contributed by atoms with Crippen LogP contribution in [0.25, 0.3) is 55.7 Å². The van der Waals surface area contributed by atoms with Crippen LogP contribution in [0.1, 0.15) is 167 Å². The van der Waals surface area contributed by atoms with Gasteiger partial charge >= 0.3 is 7.12 Å². The van der Waals surface area contributed by atoms with Crippen molar-refractivity contribution in [3.8, 4) is 22.3 Å². The van der Waals surface area contributed by atoms with Gasteiger partial charge in [0.05, 0.1) is 19.0 Å². The van der Waals surface area contributed by atoms with Gasteiger partial charge in [-0.25, -0.2) is 15.0 Å². The fraction of sp³-hybridized carbons (Fsp3) is 0.386. The third-order valence-electron chi connectivity index (χ3n) is 20.2. The molecule has 6 aromatic carbocycles. The quantitative estimate of drug-likeness (QED) is 0.0239. The summed E-state index contributed by atoms with van der Waals surface area (Å²) < 4.78 is 7.56. The zero-order chi connectivity index (χ0) is 74.1. The van der Waals surface area contributed by atoms with Crippen molar-refractivity contribution >= 4 is 104 Å². The third kappa shape index (κ3) is 20.5. The van der Waals surface area contributed by atoms with Crippen LogP contribution in [0.3, 0.4) is 0 Å². The number of rotatable bonds is 21. The average Bonchev–Trinajstić information content (AvgIpc) is 1.63. The van der Waals surface area contributed by atoms with Crippen LogP contribution in [0.2, 0.25) is 0 Å². The third-order valence-corrected chi connectivity index (χ3v) is 20.8. The molecular weight excluding hydrogens is 1430 g/mol. The minimum absolute atomic E-state index is 0.260. The maximum absolute atomic E-state index is 8.58. The molecular formula is C83H103BIN19O2. The lowest BCUT2D eigenvalue weighted by molar-refractivity contribution is 0.360. The highest BCUT2D eigenvalue weighted by atomic mass is 127. The molecule has 0 atom stereocenters. The van der Waals surface area contributed by atoms with Crippen LogP contribution in [0.5, 0.6) is 0 Å². The zero-order valence-corrected chi connectivity index (χ0v) is 64.6. The molecule has 0 spiro atoms. The van der Waals surface area contributed by atoms with Crippen LogP contribution in [-0.2, 0) is 19.6 Å². The molecule has 0 amide bonds. The van der Waals surface area contributed by atoms with E-state index in [0.29, 0.717) is 73.2 Å². The molecule has 552 valence electrons. The summed E-state index contributed by atoms with van der Waals surface area (Å²) in [6.07, 6.45) is 19.5. The van der Waals surface area contributed by atoms with Crippen molar-refractivity contribution < 1.29 is 10.0 Å². The van der Waals surface area contributed by atoms with Gasteiger partial charge in [0.15, 0.2) is 50.9 Å². The van der Waals surface area contributed by atoms with Gasteiger partial charge in [-0.3, -0.25) is 0 Å². The second-order valence-corrected chi connectivity index (χ2v) is 30.8. The first-order chi connectivity index (χ1) is 51.4. The fourth-order valence-corrected chi connectivity index (χ4v) is 14.5. The number of nitrogens with zero attached hydrogens (tertiary/aromatic N) is 12. The van der Waals surface area contributed by atoms with Gasteiger partial charge in [0, 0.05) is 65.5 Å². The molecule has 23 heteroatoms. The van der Waals surface area contributed by atoms with Crippen molar-refractivity contribution in [2.75, 3.05) is 31.9 Å². The SMILES string of the molecule is CC(C)n1cnc2c(NCc3cccc(-c4ccccc4)c3)nc(NC3CCC(N)CC3)nc21.CC1CCC(Nc2nc(NCc3cccc(-c4ccccc4)c3)c3ncn(C(C)C)c3n2)CC1.CC1CCC(Nc2nc(NCc3cccc(I)c3)c3ncn(C(C)C)c3n2)CC1.OB(O)c1ccccc1. The van der Waals surface area contributed by atoms with Crippen LogP contribution in [0.4, 0.5) is 35.3 Å². The van der Waals surface area contributed by atoms with Crippen molar-refractivity contribution in [2.24, 2.45) is 17.6 Å². The second-order valence-electron chi connectivity index (χ2n) is 29.5. The fourth-order valence-electron chi connectivity index (χ4n) is 13.9. The number of halogens is 1. The number of imidazole rings is 3. The Bertz CT molecular complexity index is 4540. The monoisotopic (exact) mass is 1540 g/mol. The van der Waals surface area contributed by atoms with E-state index in [4.69, 9.17) is 45.7 Å². The van der Waals surface area contributed by atoms with Crippen molar-refractivity contribution in [1.82, 2.24) is 58.6 Å². The van der Waals surface area contributed by atoms with E-state index in [9.17, 15) is 0 Å². The highest BCUT2D eigenvalue weighted by molar-refractivity contribution is 14.1. The summed E-state index contributed by atoms with van der Waals surface area (Å²) in [5.41, 5.74) is 20.1. The van der Waals surface area contributed by atoms with Crippen molar-refractivity contribution in [3.63, 3.8) is 0 Å². The molecule has 3 saturated carbocycles. The summed E-state index contributed by atoms with van der Waals surface area (Å²) in [6, 6.07) is 57.7. The number of benzene rings is 6. The van der Waals surface area contributed by atoms with Gasteiger partial charge in [0.2, 0.25) is 17.8 Å². The van der Waals surface area contributed by atoms with Crippen LogP contribution >= 0.6 is 22.6 Å². The highest BCUT2D eigenvalue weighted by Crippen LogP contribution is 2.33. The van der Waals surface area contributed by atoms with E-state index in [1.54, 1.807) is 24.3 Å². The zero-order valence-electron chi connectivity index (χ0n) is 62.4. The summed E-state index contributed by atoms with van der Waals surface area (Å²) in [5.74, 6) is 6.00. The molecule has 6 aromatic heterocycles. The Morgan fingerprint density at radius 1 is 0.406 bits per heavy atom. The van der Waals surface area contributed by atoms with Crippen molar-refractivity contribution in [2.45, 2.75) is 194 Å². The molecule has 0 radical (unpaired) electrons. The van der Waals surface area contributed by atoms with Crippen LogP contribution in [-0.4, -0.2) is 99.9 Å². The number of nitrogens with one attached hydrogen (secondary N) is 6. The smallest absolute Gasteiger partial charge is 0.423 e. The van der Waals surface area contributed by atoms with E-state index in [-0.39, 0.29) is 12.1 Å². The number of hydrogen-bond acceptors (Lipinski definition) is 18. The van der Waals surface area contributed by atoms with E-state index in [1.165, 1.54) is 93.9 Å². The number of anilines is 6. The van der Waals surface area contributed by atoms with Gasteiger partial charge in [-0.2, -0.15) is 29.9 Å². The number of nitrogens with two attached hydrogens (primary N) is 1. The van der Waals surface area contributed by atoms with Gasteiger partial charge in [0.1, 0.15) is 0 Å². The average molecular weight is 1540 g/mol. The molecule has 12 aromatic rings. The minimum Gasteiger partial charge on any atom is -0.423 e. The largest absolute Gasteiger partial charge is 0.488 e. The van der Waals surface area contributed by atoms with Gasteiger partial charge < -0.3 is 61.4 Å². The predicted molar refractivity (Wildman–Crippen MR) is 442 cm³/mol. The molecule has 15 rings (SSSR count). The Morgan fingerprint density at radius 3 is 1.06 bits per heavy atom.